The van der Waals surface area contributed by atoms with E-state index in [4.69, 9.17) is 0 Å². The van der Waals surface area contributed by atoms with Gasteiger partial charge in [0.15, 0.2) is 0 Å². The van der Waals surface area contributed by atoms with E-state index in [0.717, 1.165) is 11.1 Å². The maximum absolute atomic E-state index is 13.1. The lowest BCUT2D eigenvalue weighted by atomic mass is 10.2. The molecule has 9 heteroatoms. The zero-order valence-corrected chi connectivity index (χ0v) is 17.9. The van der Waals surface area contributed by atoms with Crippen molar-refractivity contribution < 1.29 is 17.6 Å². The topological polar surface area (TPSA) is 70.6 Å². The molecular weight excluding hydrogens is 425 g/mol. The van der Waals surface area contributed by atoms with Crippen LogP contribution in [0.2, 0.25) is 0 Å². The molecular formula is C21H20FN3O3S2. The molecule has 156 valence electrons. The fraction of sp³-hybridized carbons (Fsp3) is 0.238. The summed E-state index contributed by atoms with van der Waals surface area (Å²) >= 11 is 1.32. The summed E-state index contributed by atoms with van der Waals surface area (Å²) in [7, 11) is -3.58. The Morgan fingerprint density at radius 1 is 1.00 bits per heavy atom. The van der Waals surface area contributed by atoms with Gasteiger partial charge in [0.2, 0.25) is 10.0 Å². The highest BCUT2D eigenvalue weighted by Gasteiger charge is 2.31. The normalized spacial score (nSPS) is 15.3. The molecule has 2 heterocycles. The van der Waals surface area contributed by atoms with Crippen molar-refractivity contribution in [3.8, 4) is 10.6 Å². The Labute approximate surface area is 178 Å². The summed E-state index contributed by atoms with van der Waals surface area (Å²) in [6.45, 7) is 2.97. The molecule has 1 amide bonds. The Morgan fingerprint density at radius 2 is 1.63 bits per heavy atom. The van der Waals surface area contributed by atoms with Crippen molar-refractivity contribution in [2.75, 3.05) is 26.2 Å². The van der Waals surface area contributed by atoms with Gasteiger partial charge in [0.1, 0.15) is 16.5 Å². The minimum Gasteiger partial charge on any atom is -0.335 e. The summed E-state index contributed by atoms with van der Waals surface area (Å²) in [5.41, 5.74) is 2.05. The van der Waals surface area contributed by atoms with Gasteiger partial charge in [0, 0.05) is 37.1 Å². The van der Waals surface area contributed by atoms with Crippen LogP contribution in [0.4, 0.5) is 4.39 Å². The molecule has 0 unspecified atom stereocenters. The molecule has 1 aromatic heterocycles. The van der Waals surface area contributed by atoms with Gasteiger partial charge in [-0.2, -0.15) is 4.31 Å². The maximum atomic E-state index is 13.1. The number of piperazine rings is 1. The fourth-order valence-electron chi connectivity index (χ4n) is 3.25. The third-order valence-electron chi connectivity index (χ3n) is 5.00. The van der Waals surface area contributed by atoms with Crippen molar-refractivity contribution in [3.05, 3.63) is 71.0 Å². The number of hydrogen-bond donors (Lipinski definition) is 0. The standard InChI is InChI=1S/C21H20FN3O3S2/c1-15-2-8-18(9-3-15)30(27,28)25-12-10-24(11-13-25)21(26)19-14-29-20(23-19)16-4-6-17(22)7-5-16/h2-9,14H,10-13H2,1H3. The first-order valence-electron chi connectivity index (χ1n) is 9.42. The van der Waals surface area contributed by atoms with E-state index in [0.29, 0.717) is 23.8 Å². The summed E-state index contributed by atoms with van der Waals surface area (Å²) < 4.78 is 40.1. The van der Waals surface area contributed by atoms with E-state index in [9.17, 15) is 17.6 Å². The summed E-state index contributed by atoms with van der Waals surface area (Å²) in [6, 6.07) is 12.7. The quantitative estimate of drug-likeness (QED) is 0.617. The molecule has 0 radical (unpaired) electrons. The lowest BCUT2D eigenvalue weighted by molar-refractivity contribution is 0.0693. The first-order chi connectivity index (χ1) is 14.3. The van der Waals surface area contributed by atoms with Crippen LogP contribution in [0.3, 0.4) is 0 Å². The van der Waals surface area contributed by atoms with Crippen LogP contribution in [0.15, 0.2) is 58.8 Å². The second-order valence-electron chi connectivity index (χ2n) is 7.05. The molecule has 4 rings (SSSR count). The van der Waals surface area contributed by atoms with E-state index >= 15 is 0 Å². The third-order valence-corrected chi connectivity index (χ3v) is 7.80. The van der Waals surface area contributed by atoms with E-state index < -0.39 is 10.0 Å². The number of rotatable bonds is 4. The van der Waals surface area contributed by atoms with Crippen molar-refractivity contribution in [1.29, 1.82) is 0 Å². The smallest absolute Gasteiger partial charge is 0.273 e. The summed E-state index contributed by atoms with van der Waals surface area (Å²) in [6.07, 6.45) is 0. The van der Waals surface area contributed by atoms with Gasteiger partial charge < -0.3 is 4.90 Å². The van der Waals surface area contributed by atoms with Crippen molar-refractivity contribution >= 4 is 27.3 Å². The maximum Gasteiger partial charge on any atom is 0.273 e. The SMILES string of the molecule is Cc1ccc(S(=O)(=O)N2CCN(C(=O)c3csc(-c4ccc(F)cc4)n3)CC2)cc1. The Morgan fingerprint density at radius 3 is 2.27 bits per heavy atom. The van der Waals surface area contributed by atoms with Gasteiger partial charge in [-0.15, -0.1) is 11.3 Å². The molecule has 0 bridgehead atoms. The summed E-state index contributed by atoms with van der Waals surface area (Å²) in [5.74, 6) is -0.558. The molecule has 6 nitrogen and oxygen atoms in total. The number of sulfonamides is 1. The molecule has 0 saturated carbocycles. The Kier molecular flexibility index (Phi) is 5.68. The molecule has 30 heavy (non-hydrogen) atoms. The molecule has 1 aliphatic rings. The molecule has 1 aliphatic heterocycles. The van der Waals surface area contributed by atoms with Crippen molar-refractivity contribution in [1.82, 2.24) is 14.2 Å². The molecule has 0 spiro atoms. The van der Waals surface area contributed by atoms with Crippen LogP contribution in [0.5, 0.6) is 0 Å². The number of carbonyl (C=O) groups excluding carboxylic acids is 1. The molecule has 3 aromatic rings. The second kappa shape index (κ2) is 8.25. The van der Waals surface area contributed by atoms with Crippen molar-refractivity contribution in [2.24, 2.45) is 0 Å². The fourth-order valence-corrected chi connectivity index (χ4v) is 5.47. The highest BCUT2D eigenvalue weighted by molar-refractivity contribution is 7.89. The van der Waals surface area contributed by atoms with Gasteiger partial charge in [-0.1, -0.05) is 17.7 Å². The number of aromatic nitrogens is 1. The second-order valence-corrected chi connectivity index (χ2v) is 9.85. The van der Waals surface area contributed by atoms with Gasteiger partial charge in [-0.3, -0.25) is 4.79 Å². The minimum absolute atomic E-state index is 0.230. The van der Waals surface area contributed by atoms with Crippen LogP contribution in [0.25, 0.3) is 10.6 Å². The first kappa shape index (κ1) is 20.6. The van der Waals surface area contributed by atoms with Gasteiger partial charge in [0.05, 0.1) is 4.90 Å². The van der Waals surface area contributed by atoms with Crippen LogP contribution in [0, 0.1) is 12.7 Å². The molecule has 1 saturated heterocycles. The summed E-state index contributed by atoms with van der Waals surface area (Å²) in [4.78, 5) is 19.1. The van der Waals surface area contributed by atoms with Gasteiger partial charge in [-0.25, -0.2) is 17.8 Å². The van der Waals surface area contributed by atoms with Crippen LogP contribution in [-0.4, -0.2) is 54.7 Å². The van der Waals surface area contributed by atoms with Crippen LogP contribution >= 0.6 is 11.3 Å². The van der Waals surface area contributed by atoms with E-state index in [1.165, 1.54) is 27.8 Å². The lowest BCUT2D eigenvalue weighted by Gasteiger charge is -2.33. The Bertz CT molecular complexity index is 1150. The lowest BCUT2D eigenvalue weighted by Crippen LogP contribution is -2.50. The minimum atomic E-state index is -3.58. The van der Waals surface area contributed by atoms with E-state index in [1.807, 2.05) is 6.92 Å². The Balaban J connectivity index is 1.42. The predicted octanol–water partition coefficient (Wildman–Crippen LogP) is 3.40. The van der Waals surface area contributed by atoms with E-state index in [-0.39, 0.29) is 29.7 Å². The largest absolute Gasteiger partial charge is 0.335 e. The van der Waals surface area contributed by atoms with E-state index in [2.05, 4.69) is 4.98 Å². The monoisotopic (exact) mass is 445 g/mol. The summed E-state index contributed by atoms with van der Waals surface area (Å²) in [5, 5.41) is 2.31. The van der Waals surface area contributed by atoms with Crippen LogP contribution in [-0.2, 0) is 10.0 Å². The molecule has 0 N–H and O–H groups in total. The van der Waals surface area contributed by atoms with Gasteiger partial charge in [-0.05, 0) is 43.3 Å². The van der Waals surface area contributed by atoms with Gasteiger partial charge in [0.25, 0.3) is 5.91 Å². The van der Waals surface area contributed by atoms with Gasteiger partial charge >= 0.3 is 0 Å². The Hall–Kier alpha value is -2.62. The molecule has 2 aromatic carbocycles. The molecule has 0 aliphatic carbocycles. The number of nitrogens with zero attached hydrogens (tertiary/aromatic N) is 3. The van der Waals surface area contributed by atoms with Crippen molar-refractivity contribution in [3.63, 3.8) is 0 Å². The average Bonchev–Trinajstić information content (AvgIpc) is 3.24. The number of aryl methyl sites for hydroxylation is 1. The van der Waals surface area contributed by atoms with Crippen molar-refractivity contribution in [2.45, 2.75) is 11.8 Å². The highest BCUT2D eigenvalue weighted by atomic mass is 32.2. The molecule has 1 fully saturated rings. The number of thiazole rings is 1. The highest BCUT2D eigenvalue weighted by Crippen LogP contribution is 2.25. The number of amides is 1. The van der Waals surface area contributed by atoms with E-state index in [1.54, 1.807) is 46.7 Å². The average molecular weight is 446 g/mol. The molecule has 0 atom stereocenters. The third kappa shape index (κ3) is 4.14. The number of benzene rings is 2. The van der Waals surface area contributed by atoms with Crippen LogP contribution in [0.1, 0.15) is 16.1 Å². The number of hydrogen-bond acceptors (Lipinski definition) is 5. The predicted molar refractivity (Wildman–Crippen MR) is 113 cm³/mol. The first-order valence-corrected chi connectivity index (χ1v) is 11.7. The zero-order chi connectivity index (χ0) is 21.3. The zero-order valence-electron chi connectivity index (χ0n) is 16.3. The number of carbonyl (C=O) groups is 1. The number of halogens is 1. The van der Waals surface area contributed by atoms with Crippen LogP contribution < -0.4 is 0 Å².